The van der Waals surface area contributed by atoms with Crippen LogP contribution in [0, 0.1) is 17.3 Å². The van der Waals surface area contributed by atoms with Gasteiger partial charge in [-0.15, -0.1) is 6.58 Å². The van der Waals surface area contributed by atoms with Gasteiger partial charge in [0.05, 0.1) is 12.2 Å². The van der Waals surface area contributed by atoms with E-state index in [4.69, 9.17) is 9.47 Å². The summed E-state index contributed by atoms with van der Waals surface area (Å²) >= 11 is 0. The van der Waals surface area contributed by atoms with Crippen molar-refractivity contribution in [3.8, 4) is 0 Å². The zero-order chi connectivity index (χ0) is 13.1. The molecule has 1 saturated carbocycles. The van der Waals surface area contributed by atoms with Gasteiger partial charge in [-0.2, -0.15) is 0 Å². The quantitative estimate of drug-likeness (QED) is 0.326. The van der Waals surface area contributed by atoms with E-state index in [-0.39, 0.29) is 29.0 Å². The molecule has 0 N–H and O–H groups in total. The standard InChI is InChI=1S/C15H20O3/c1-5-14(3)7-11-10(9(2)13(16)18-11)6-12(14)15(4)8-17-15/h5,10-12H,1-2,6-8H2,3-4H3/t10-,11-,12+,14+,15+/m1/s1. The fourth-order valence-electron chi connectivity index (χ4n) is 3.74. The molecule has 5 atom stereocenters. The molecular formula is C15H20O3. The van der Waals surface area contributed by atoms with E-state index < -0.39 is 0 Å². The van der Waals surface area contributed by atoms with Gasteiger partial charge in [0.1, 0.15) is 6.10 Å². The lowest BCUT2D eigenvalue weighted by molar-refractivity contribution is -0.141. The van der Waals surface area contributed by atoms with E-state index >= 15 is 0 Å². The van der Waals surface area contributed by atoms with Crippen LogP contribution >= 0.6 is 0 Å². The molecule has 3 rings (SSSR count). The van der Waals surface area contributed by atoms with Gasteiger partial charge < -0.3 is 9.47 Å². The van der Waals surface area contributed by atoms with Gasteiger partial charge in [-0.05, 0) is 31.1 Å². The fourth-order valence-corrected chi connectivity index (χ4v) is 3.74. The predicted octanol–water partition coefficient (Wildman–Crippen LogP) is 2.48. The summed E-state index contributed by atoms with van der Waals surface area (Å²) in [6.45, 7) is 13.0. The molecular weight excluding hydrogens is 228 g/mol. The first-order valence-electron chi connectivity index (χ1n) is 6.57. The van der Waals surface area contributed by atoms with E-state index in [2.05, 4.69) is 27.0 Å². The van der Waals surface area contributed by atoms with Crippen molar-refractivity contribution in [1.82, 2.24) is 0 Å². The summed E-state index contributed by atoms with van der Waals surface area (Å²) in [7, 11) is 0. The monoisotopic (exact) mass is 248 g/mol. The molecule has 3 heteroatoms. The molecule has 0 bridgehead atoms. The molecule has 98 valence electrons. The van der Waals surface area contributed by atoms with E-state index in [1.165, 1.54) is 0 Å². The van der Waals surface area contributed by atoms with Crippen molar-refractivity contribution in [2.45, 2.75) is 38.4 Å². The maximum Gasteiger partial charge on any atom is 0.334 e. The molecule has 0 aromatic carbocycles. The van der Waals surface area contributed by atoms with Gasteiger partial charge in [0.25, 0.3) is 0 Å². The van der Waals surface area contributed by atoms with Crippen LogP contribution in [0.1, 0.15) is 26.7 Å². The van der Waals surface area contributed by atoms with E-state index in [0.29, 0.717) is 11.5 Å². The molecule has 0 unspecified atom stereocenters. The van der Waals surface area contributed by atoms with Crippen LogP contribution in [0.5, 0.6) is 0 Å². The topological polar surface area (TPSA) is 38.8 Å². The van der Waals surface area contributed by atoms with Crippen molar-refractivity contribution in [2.75, 3.05) is 6.61 Å². The van der Waals surface area contributed by atoms with E-state index in [0.717, 1.165) is 19.4 Å². The summed E-state index contributed by atoms with van der Waals surface area (Å²) in [6.07, 6.45) is 3.73. The first-order chi connectivity index (χ1) is 8.39. The lowest BCUT2D eigenvalue weighted by atomic mass is 9.59. The van der Waals surface area contributed by atoms with Crippen LogP contribution in [-0.4, -0.2) is 24.3 Å². The third-order valence-corrected chi connectivity index (χ3v) is 5.15. The summed E-state index contributed by atoms with van der Waals surface area (Å²) in [5.41, 5.74) is 0.553. The van der Waals surface area contributed by atoms with Crippen LogP contribution in [0.25, 0.3) is 0 Å². The Labute approximate surface area is 108 Å². The van der Waals surface area contributed by atoms with Crippen LogP contribution in [0.15, 0.2) is 24.8 Å². The van der Waals surface area contributed by atoms with Crippen molar-refractivity contribution in [2.24, 2.45) is 17.3 Å². The summed E-state index contributed by atoms with van der Waals surface area (Å²) < 4.78 is 11.1. The van der Waals surface area contributed by atoms with Gasteiger partial charge in [0.15, 0.2) is 0 Å². The van der Waals surface area contributed by atoms with E-state index in [1.54, 1.807) is 0 Å². The molecule has 3 fully saturated rings. The maximum absolute atomic E-state index is 11.6. The number of rotatable bonds is 2. The molecule has 18 heavy (non-hydrogen) atoms. The lowest BCUT2D eigenvalue weighted by Gasteiger charge is -2.45. The molecule has 2 aliphatic heterocycles. The molecule has 0 aromatic heterocycles. The van der Waals surface area contributed by atoms with Gasteiger partial charge in [0.2, 0.25) is 0 Å². The number of fused-ring (bicyclic) bond motifs is 1. The van der Waals surface area contributed by atoms with Gasteiger partial charge in [-0.3, -0.25) is 0 Å². The van der Waals surface area contributed by atoms with Crippen LogP contribution in [0.2, 0.25) is 0 Å². The number of carbonyl (C=O) groups excluding carboxylic acids is 1. The Hall–Kier alpha value is -1.09. The third kappa shape index (κ3) is 1.50. The molecule has 0 amide bonds. The number of esters is 1. The number of hydrogen-bond acceptors (Lipinski definition) is 3. The lowest BCUT2D eigenvalue weighted by Crippen LogP contribution is -2.45. The largest absolute Gasteiger partial charge is 0.458 e. The Balaban J connectivity index is 1.93. The van der Waals surface area contributed by atoms with Gasteiger partial charge >= 0.3 is 5.97 Å². The molecule has 0 radical (unpaired) electrons. The molecule has 3 aliphatic rings. The second-order valence-electron chi connectivity index (χ2n) is 6.38. The minimum Gasteiger partial charge on any atom is -0.458 e. The second kappa shape index (κ2) is 3.47. The molecule has 1 aliphatic carbocycles. The highest BCUT2D eigenvalue weighted by molar-refractivity contribution is 5.90. The molecule has 3 nitrogen and oxygen atoms in total. The highest BCUT2D eigenvalue weighted by atomic mass is 16.6. The normalized spacial score (nSPS) is 50.7. The summed E-state index contributed by atoms with van der Waals surface area (Å²) in [4.78, 5) is 11.6. The molecule has 0 aromatic rings. The predicted molar refractivity (Wildman–Crippen MR) is 67.9 cm³/mol. The highest BCUT2D eigenvalue weighted by Gasteiger charge is 2.59. The van der Waals surface area contributed by atoms with Gasteiger partial charge in [0, 0.05) is 11.5 Å². The smallest absolute Gasteiger partial charge is 0.334 e. The van der Waals surface area contributed by atoms with Crippen LogP contribution in [0.4, 0.5) is 0 Å². The van der Waals surface area contributed by atoms with E-state index in [9.17, 15) is 4.79 Å². The molecule has 2 heterocycles. The zero-order valence-electron chi connectivity index (χ0n) is 11.1. The SMILES string of the molecule is C=C[C@@]1(C)C[C@H]2OC(=O)C(=C)[C@H]2C[C@@H]1[C@]1(C)CO1. The number of ether oxygens (including phenoxy) is 2. The fraction of sp³-hybridized carbons (Fsp3) is 0.667. The number of carbonyl (C=O) groups is 1. The minimum absolute atomic E-state index is 0.0217. The average Bonchev–Trinajstić information content (AvgIpc) is 3.01. The average molecular weight is 248 g/mol. The van der Waals surface area contributed by atoms with Crippen LogP contribution in [0.3, 0.4) is 0 Å². The Bertz CT molecular complexity index is 435. The van der Waals surface area contributed by atoms with Crippen LogP contribution in [-0.2, 0) is 14.3 Å². The summed E-state index contributed by atoms with van der Waals surface area (Å²) in [5, 5.41) is 0. The Kier molecular flexibility index (Phi) is 2.31. The van der Waals surface area contributed by atoms with Crippen molar-refractivity contribution >= 4 is 5.97 Å². The van der Waals surface area contributed by atoms with Gasteiger partial charge in [-0.1, -0.05) is 19.6 Å². The first kappa shape index (κ1) is 12.0. The molecule has 0 spiro atoms. The van der Waals surface area contributed by atoms with E-state index in [1.807, 2.05) is 6.08 Å². The first-order valence-corrected chi connectivity index (χ1v) is 6.57. The minimum atomic E-state index is -0.223. The maximum atomic E-state index is 11.6. The van der Waals surface area contributed by atoms with Gasteiger partial charge in [-0.25, -0.2) is 4.79 Å². The summed E-state index contributed by atoms with van der Waals surface area (Å²) in [6, 6.07) is 0. The van der Waals surface area contributed by atoms with Crippen molar-refractivity contribution in [3.05, 3.63) is 24.8 Å². The molecule has 2 saturated heterocycles. The van der Waals surface area contributed by atoms with Crippen LogP contribution < -0.4 is 0 Å². The second-order valence-corrected chi connectivity index (χ2v) is 6.38. The Morgan fingerprint density at radius 2 is 2.11 bits per heavy atom. The van der Waals surface area contributed by atoms with Crippen molar-refractivity contribution in [3.63, 3.8) is 0 Å². The third-order valence-electron chi connectivity index (χ3n) is 5.15. The number of hydrogen-bond donors (Lipinski definition) is 0. The zero-order valence-corrected chi connectivity index (χ0v) is 11.1. The number of allylic oxidation sites excluding steroid dienone is 1. The number of epoxide rings is 1. The Morgan fingerprint density at radius 3 is 2.67 bits per heavy atom. The van der Waals surface area contributed by atoms with Crippen molar-refractivity contribution in [1.29, 1.82) is 0 Å². The van der Waals surface area contributed by atoms with Crippen molar-refractivity contribution < 1.29 is 14.3 Å². The Morgan fingerprint density at radius 1 is 1.44 bits per heavy atom. The summed E-state index contributed by atoms with van der Waals surface area (Å²) in [5.74, 6) is 0.325. The highest BCUT2D eigenvalue weighted by Crippen LogP contribution is 2.57.